The first-order valence-electron chi connectivity index (χ1n) is 5.78. The van der Waals surface area contributed by atoms with E-state index in [1.807, 2.05) is 30.5 Å². The Morgan fingerprint density at radius 1 is 1.11 bits per heavy atom. The van der Waals surface area contributed by atoms with Gasteiger partial charge in [-0.1, -0.05) is 0 Å². The second-order valence-corrected chi connectivity index (χ2v) is 4.72. The van der Waals surface area contributed by atoms with E-state index in [4.69, 9.17) is 14.2 Å². The number of rotatable bonds is 9. The smallest absolute Gasteiger partial charge is 0.119 e. The van der Waals surface area contributed by atoms with Crippen LogP contribution >= 0.6 is 11.8 Å². The zero-order valence-electron chi connectivity index (χ0n) is 10.8. The van der Waals surface area contributed by atoms with Gasteiger partial charge in [-0.3, -0.25) is 0 Å². The topological polar surface area (TPSA) is 47.9 Å². The molecule has 0 saturated heterocycles. The summed E-state index contributed by atoms with van der Waals surface area (Å²) in [6.45, 7) is 1.20. The fourth-order valence-corrected chi connectivity index (χ4v) is 1.56. The van der Waals surface area contributed by atoms with Crippen molar-refractivity contribution in [1.82, 2.24) is 0 Å². The summed E-state index contributed by atoms with van der Waals surface area (Å²) >= 11 is 1.75. The van der Waals surface area contributed by atoms with Gasteiger partial charge in [-0.25, -0.2) is 0 Å². The number of aliphatic hydroxyl groups is 1. The fraction of sp³-hybridized carbons (Fsp3) is 0.538. The number of hydrogen-bond acceptors (Lipinski definition) is 5. The quantitative estimate of drug-likeness (QED) is 0.695. The number of thioether (sulfide) groups is 1. The van der Waals surface area contributed by atoms with E-state index in [1.54, 1.807) is 18.9 Å². The summed E-state index contributed by atoms with van der Waals surface area (Å²) in [6, 6.07) is 7.37. The molecule has 0 saturated carbocycles. The van der Waals surface area contributed by atoms with Gasteiger partial charge in [0.1, 0.15) is 24.2 Å². The lowest BCUT2D eigenvalue weighted by atomic mass is 10.3. The lowest BCUT2D eigenvalue weighted by molar-refractivity contribution is 0.0325. The van der Waals surface area contributed by atoms with E-state index < -0.39 is 6.10 Å². The highest BCUT2D eigenvalue weighted by molar-refractivity contribution is 7.98. The minimum absolute atomic E-state index is 0.223. The molecule has 0 heterocycles. The highest BCUT2D eigenvalue weighted by atomic mass is 32.2. The molecule has 1 aromatic rings. The lowest BCUT2D eigenvalue weighted by Gasteiger charge is -2.12. The highest BCUT2D eigenvalue weighted by Crippen LogP contribution is 2.17. The molecule has 0 amide bonds. The van der Waals surface area contributed by atoms with Crippen molar-refractivity contribution < 1.29 is 19.3 Å². The molecule has 0 aromatic heterocycles. The van der Waals surface area contributed by atoms with Crippen LogP contribution in [-0.2, 0) is 4.74 Å². The van der Waals surface area contributed by atoms with E-state index in [9.17, 15) is 5.11 Å². The minimum Gasteiger partial charge on any atom is -0.493 e. The van der Waals surface area contributed by atoms with Crippen molar-refractivity contribution in [2.45, 2.75) is 6.10 Å². The van der Waals surface area contributed by atoms with Crippen LogP contribution in [0.3, 0.4) is 0 Å². The second-order valence-electron chi connectivity index (χ2n) is 3.73. The third-order valence-corrected chi connectivity index (χ3v) is 2.76. The summed E-state index contributed by atoms with van der Waals surface area (Å²) in [5.41, 5.74) is 0. The number of hydrogen-bond donors (Lipinski definition) is 1. The van der Waals surface area contributed by atoms with Crippen LogP contribution in [-0.4, -0.2) is 50.1 Å². The van der Waals surface area contributed by atoms with Crippen molar-refractivity contribution in [3.63, 3.8) is 0 Å². The molecule has 5 heteroatoms. The Balaban J connectivity index is 2.31. The molecule has 18 heavy (non-hydrogen) atoms. The molecule has 0 bridgehead atoms. The zero-order chi connectivity index (χ0) is 13.2. The molecule has 0 aliphatic heterocycles. The highest BCUT2D eigenvalue weighted by Gasteiger charge is 2.04. The van der Waals surface area contributed by atoms with Crippen molar-refractivity contribution in [3.8, 4) is 11.5 Å². The van der Waals surface area contributed by atoms with Crippen molar-refractivity contribution in [2.75, 3.05) is 38.9 Å². The third-order valence-electron chi connectivity index (χ3n) is 2.18. The van der Waals surface area contributed by atoms with Crippen LogP contribution < -0.4 is 9.47 Å². The van der Waals surface area contributed by atoms with Crippen LogP contribution in [0, 0.1) is 0 Å². The molecule has 0 radical (unpaired) electrons. The van der Waals surface area contributed by atoms with Gasteiger partial charge in [0.15, 0.2) is 0 Å². The summed E-state index contributed by atoms with van der Waals surface area (Å²) in [4.78, 5) is 0. The summed E-state index contributed by atoms with van der Waals surface area (Å²) < 4.78 is 15.7. The Hall–Kier alpha value is -0.910. The third kappa shape index (κ3) is 6.14. The van der Waals surface area contributed by atoms with Crippen LogP contribution in [0.5, 0.6) is 11.5 Å². The van der Waals surface area contributed by atoms with Gasteiger partial charge in [-0.05, 0) is 30.5 Å². The SMILES string of the molecule is COCC(O)COc1ccc(OCCSC)cc1. The maximum Gasteiger partial charge on any atom is 0.119 e. The number of benzene rings is 1. The molecular weight excluding hydrogens is 252 g/mol. The number of aliphatic hydroxyl groups excluding tert-OH is 1. The van der Waals surface area contributed by atoms with Crippen molar-refractivity contribution in [1.29, 1.82) is 0 Å². The van der Waals surface area contributed by atoms with E-state index in [0.717, 1.165) is 11.5 Å². The van der Waals surface area contributed by atoms with Gasteiger partial charge in [0.05, 0.1) is 13.2 Å². The van der Waals surface area contributed by atoms with Gasteiger partial charge >= 0.3 is 0 Å². The molecule has 102 valence electrons. The van der Waals surface area contributed by atoms with E-state index >= 15 is 0 Å². The standard InChI is InChI=1S/C13H20O4S/c1-15-9-11(14)10-17-13-5-3-12(4-6-13)16-7-8-18-2/h3-6,11,14H,7-10H2,1-2H3. The zero-order valence-corrected chi connectivity index (χ0v) is 11.6. The molecule has 4 nitrogen and oxygen atoms in total. The molecule has 0 fully saturated rings. The van der Waals surface area contributed by atoms with Crippen molar-refractivity contribution >= 4 is 11.8 Å². The monoisotopic (exact) mass is 272 g/mol. The Labute approximate surface area is 112 Å². The molecule has 0 spiro atoms. The predicted molar refractivity (Wildman–Crippen MR) is 73.7 cm³/mol. The maximum absolute atomic E-state index is 9.43. The summed E-state index contributed by atoms with van der Waals surface area (Å²) in [7, 11) is 1.55. The molecular formula is C13H20O4S. The van der Waals surface area contributed by atoms with Gasteiger partial charge in [-0.2, -0.15) is 11.8 Å². The van der Waals surface area contributed by atoms with Crippen LogP contribution in [0.1, 0.15) is 0 Å². The second kappa shape index (κ2) is 9.08. The van der Waals surface area contributed by atoms with Crippen LogP contribution in [0.15, 0.2) is 24.3 Å². The van der Waals surface area contributed by atoms with Crippen LogP contribution in [0.25, 0.3) is 0 Å². The largest absolute Gasteiger partial charge is 0.493 e. The van der Waals surface area contributed by atoms with Gasteiger partial charge < -0.3 is 19.3 Å². The maximum atomic E-state index is 9.43. The van der Waals surface area contributed by atoms with E-state index in [-0.39, 0.29) is 13.2 Å². The van der Waals surface area contributed by atoms with Gasteiger partial charge in [0.25, 0.3) is 0 Å². The molecule has 1 atom stereocenters. The van der Waals surface area contributed by atoms with Crippen LogP contribution in [0.2, 0.25) is 0 Å². The van der Waals surface area contributed by atoms with E-state index in [2.05, 4.69) is 0 Å². The van der Waals surface area contributed by atoms with Crippen molar-refractivity contribution in [2.24, 2.45) is 0 Å². The van der Waals surface area contributed by atoms with Gasteiger partial charge in [0, 0.05) is 12.9 Å². The molecule has 0 aliphatic rings. The molecule has 1 unspecified atom stereocenters. The Kier molecular flexibility index (Phi) is 7.64. The van der Waals surface area contributed by atoms with E-state index in [1.165, 1.54) is 0 Å². The molecule has 1 aromatic carbocycles. The van der Waals surface area contributed by atoms with E-state index in [0.29, 0.717) is 12.4 Å². The minimum atomic E-state index is -0.604. The first kappa shape index (κ1) is 15.1. The Bertz CT molecular complexity index is 315. The number of ether oxygens (including phenoxy) is 3. The average molecular weight is 272 g/mol. The first-order valence-corrected chi connectivity index (χ1v) is 7.17. The van der Waals surface area contributed by atoms with Crippen LogP contribution in [0.4, 0.5) is 0 Å². The average Bonchev–Trinajstić information content (AvgIpc) is 2.38. The van der Waals surface area contributed by atoms with Crippen molar-refractivity contribution in [3.05, 3.63) is 24.3 Å². The normalized spacial score (nSPS) is 12.2. The molecule has 1 N–H and O–H groups in total. The molecule has 1 rings (SSSR count). The van der Waals surface area contributed by atoms with Gasteiger partial charge in [0.2, 0.25) is 0 Å². The Morgan fingerprint density at radius 2 is 1.72 bits per heavy atom. The predicted octanol–water partition coefficient (Wildman–Crippen LogP) is 1.81. The Morgan fingerprint density at radius 3 is 2.28 bits per heavy atom. The lowest BCUT2D eigenvalue weighted by Crippen LogP contribution is -2.22. The summed E-state index contributed by atoms with van der Waals surface area (Å²) in [6.07, 6.45) is 1.44. The number of methoxy groups -OCH3 is 1. The fourth-order valence-electron chi connectivity index (χ4n) is 1.31. The molecule has 0 aliphatic carbocycles. The summed E-state index contributed by atoms with van der Waals surface area (Å²) in [5, 5.41) is 9.43. The first-order chi connectivity index (χ1) is 8.76. The summed E-state index contributed by atoms with van der Waals surface area (Å²) in [5.74, 6) is 2.51. The van der Waals surface area contributed by atoms with Gasteiger partial charge in [-0.15, -0.1) is 0 Å².